The summed E-state index contributed by atoms with van der Waals surface area (Å²) in [7, 11) is 0. The largest absolute Gasteiger partial charge is 0.396 e. The van der Waals surface area contributed by atoms with Gasteiger partial charge in [0.05, 0.1) is 24.0 Å². The predicted molar refractivity (Wildman–Crippen MR) is 175 cm³/mol. The summed E-state index contributed by atoms with van der Waals surface area (Å²) in [4.78, 5) is 27.3. The standard InChI is InChI=1S/C38H62O7/c1-19(2)35(17-39)31-11-21(5)9-29-27(13-25(41)15-33(29)31)23(7)37(43)45-38(44)24(8)28-14-26(42)16-34-30(28)10-22(6)12-32(34)36(18-40)20(3)4/h9-10,19-20,23-36,39-42H,11-18H2,1-8H3/t23-,24-,25-,26-,27-,28-,29+,30+,31+,32+,33-,34-,35+,36+/m0/s1. The molecule has 2 saturated carbocycles. The van der Waals surface area contributed by atoms with Crippen LogP contribution in [0.3, 0.4) is 0 Å². The minimum Gasteiger partial charge on any atom is -0.396 e. The number of rotatable bonds is 10. The fourth-order valence-electron chi connectivity index (χ4n) is 10.3. The monoisotopic (exact) mass is 630 g/mol. The van der Waals surface area contributed by atoms with Crippen molar-refractivity contribution >= 4 is 11.9 Å². The van der Waals surface area contributed by atoms with Crippen LogP contribution in [0.25, 0.3) is 0 Å². The maximum atomic E-state index is 13.7. The molecule has 0 aromatic carbocycles. The molecule has 0 heterocycles. The molecule has 0 unspecified atom stereocenters. The van der Waals surface area contributed by atoms with Crippen LogP contribution in [0.15, 0.2) is 23.3 Å². The van der Waals surface area contributed by atoms with Crippen molar-refractivity contribution in [1.82, 2.24) is 0 Å². The Morgan fingerprint density at radius 1 is 0.667 bits per heavy atom. The molecule has 4 aliphatic rings. The fourth-order valence-corrected chi connectivity index (χ4v) is 10.3. The highest BCUT2D eigenvalue weighted by atomic mass is 16.6. The summed E-state index contributed by atoms with van der Waals surface area (Å²) in [6.07, 6.45) is 7.53. The molecule has 4 aliphatic carbocycles. The summed E-state index contributed by atoms with van der Waals surface area (Å²) in [6.45, 7) is 16.7. The molecule has 0 aromatic rings. The molecular weight excluding hydrogens is 568 g/mol. The van der Waals surface area contributed by atoms with Crippen LogP contribution >= 0.6 is 0 Å². The Morgan fingerprint density at radius 2 is 1.02 bits per heavy atom. The third kappa shape index (κ3) is 7.79. The normalized spacial score (nSPS) is 37.9. The van der Waals surface area contributed by atoms with Gasteiger partial charge in [-0.25, -0.2) is 0 Å². The second kappa shape index (κ2) is 15.1. The first kappa shape index (κ1) is 36.3. The van der Waals surface area contributed by atoms with Gasteiger partial charge in [0.1, 0.15) is 0 Å². The molecule has 0 saturated heterocycles. The van der Waals surface area contributed by atoms with E-state index in [0.29, 0.717) is 37.5 Å². The van der Waals surface area contributed by atoms with Crippen molar-refractivity contribution in [2.24, 2.45) is 82.9 Å². The lowest BCUT2D eigenvalue weighted by Gasteiger charge is -2.50. The molecule has 2 fully saturated rings. The van der Waals surface area contributed by atoms with Gasteiger partial charge in [-0.1, -0.05) is 64.8 Å². The van der Waals surface area contributed by atoms with E-state index in [0.717, 1.165) is 12.8 Å². The van der Waals surface area contributed by atoms with Crippen LogP contribution in [0.1, 0.15) is 93.9 Å². The van der Waals surface area contributed by atoms with Crippen molar-refractivity contribution in [2.75, 3.05) is 13.2 Å². The van der Waals surface area contributed by atoms with E-state index in [2.05, 4.69) is 53.7 Å². The Labute approximate surface area is 271 Å². The van der Waals surface area contributed by atoms with Crippen LogP contribution in [0.4, 0.5) is 0 Å². The van der Waals surface area contributed by atoms with E-state index >= 15 is 0 Å². The van der Waals surface area contributed by atoms with Crippen LogP contribution < -0.4 is 0 Å². The van der Waals surface area contributed by atoms with Gasteiger partial charge < -0.3 is 25.2 Å². The van der Waals surface area contributed by atoms with Crippen molar-refractivity contribution in [2.45, 2.75) is 106 Å². The van der Waals surface area contributed by atoms with E-state index in [1.807, 2.05) is 13.8 Å². The third-order valence-electron chi connectivity index (χ3n) is 12.8. The van der Waals surface area contributed by atoms with Gasteiger partial charge in [0.25, 0.3) is 0 Å². The van der Waals surface area contributed by atoms with E-state index < -0.39 is 36.0 Å². The maximum absolute atomic E-state index is 13.7. The quantitative estimate of drug-likeness (QED) is 0.137. The van der Waals surface area contributed by atoms with Gasteiger partial charge in [0, 0.05) is 13.2 Å². The molecular formula is C38H62O7. The number of ether oxygens (including phenoxy) is 1. The Hall–Kier alpha value is -1.54. The molecule has 0 radical (unpaired) electrons. The average Bonchev–Trinajstić information content (AvgIpc) is 2.96. The van der Waals surface area contributed by atoms with E-state index in [1.54, 1.807) is 0 Å². The lowest BCUT2D eigenvalue weighted by atomic mass is 9.56. The molecule has 4 rings (SSSR count). The van der Waals surface area contributed by atoms with Crippen LogP contribution in [-0.2, 0) is 14.3 Å². The highest BCUT2D eigenvalue weighted by molar-refractivity contribution is 5.88. The van der Waals surface area contributed by atoms with E-state index in [4.69, 9.17) is 4.74 Å². The van der Waals surface area contributed by atoms with E-state index in [9.17, 15) is 30.0 Å². The Bertz CT molecular complexity index is 1010. The smallest absolute Gasteiger partial charge is 0.316 e. The third-order valence-corrected chi connectivity index (χ3v) is 12.8. The second-order valence-corrected chi connectivity index (χ2v) is 16.3. The summed E-state index contributed by atoms with van der Waals surface area (Å²) in [5.74, 6) is -0.726. The SMILES string of the molecule is CC1=C[C@@H]2[C@H]([C@H](C)C(=O)OC(=O)[C@@H](C)[C@@H]3C[C@H](O)C[C@H]4[C@@H]3C=C(C)C[C@H]4[C@H](CO)C(C)C)C[C@H](O)C[C@@H]2[C@H]([C@H](CO)C(C)C)C1. The van der Waals surface area contributed by atoms with Crippen LogP contribution in [-0.4, -0.2) is 57.8 Å². The first-order valence-corrected chi connectivity index (χ1v) is 17.9. The Morgan fingerprint density at radius 3 is 1.33 bits per heavy atom. The van der Waals surface area contributed by atoms with Gasteiger partial charge in [0.15, 0.2) is 0 Å². The molecule has 4 N–H and O–H groups in total. The molecule has 256 valence electrons. The molecule has 0 aliphatic heterocycles. The number of esters is 2. The van der Waals surface area contributed by atoms with Crippen molar-refractivity contribution < 1.29 is 34.8 Å². The molecule has 7 nitrogen and oxygen atoms in total. The van der Waals surface area contributed by atoms with Crippen molar-refractivity contribution in [3.63, 3.8) is 0 Å². The minimum absolute atomic E-state index is 0.0805. The highest BCUT2D eigenvalue weighted by Gasteiger charge is 2.50. The average molecular weight is 631 g/mol. The molecule has 0 spiro atoms. The Kier molecular flexibility index (Phi) is 12.2. The lowest BCUT2D eigenvalue weighted by Crippen LogP contribution is -2.48. The van der Waals surface area contributed by atoms with Gasteiger partial charge in [-0.15, -0.1) is 0 Å². The number of hydrogen-bond donors (Lipinski definition) is 4. The molecule has 14 atom stereocenters. The van der Waals surface area contributed by atoms with Crippen LogP contribution in [0.5, 0.6) is 0 Å². The number of carbonyl (C=O) groups is 2. The number of aliphatic hydroxyl groups is 4. The van der Waals surface area contributed by atoms with Crippen LogP contribution in [0, 0.1) is 82.9 Å². The van der Waals surface area contributed by atoms with Crippen LogP contribution in [0.2, 0.25) is 0 Å². The number of aliphatic hydroxyl groups excluding tert-OH is 4. The van der Waals surface area contributed by atoms with E-state index in [1.165, 1.54) is 11.1 Å². The first-order chi connectivity index (χ1) is 21.2. The van der Waals surface area contributed by atoms with Crippen molar-refractivity contribution in [1.29, 1.82) is 0 Å². The minimum atomic E-state index is -0.569. The van der Waals surface area contributed by atoms with Gasteiger partial charge in [0.2, 0.25) is 0 Å². The number of fused-ring (bicyclic) bond motifs is 2. The number of hydrogen-bond acceptors (Lipinski definition) is 7. The summed E-state index contributed by atoms with van der Waals surface area (Å²) < 4.78 is 5.67. The molecule has 0 bridgehead atoms. The molecule has 0 amide bonds. The maximum Gasteiger partial charge on any atom is 0.316 e. The predicted octanol–water partition coefficient (Wildman–Crippen LogP) is 5.80. The summed E-state index contributed by atoms with van der Waals surface area (Å²) in [6, 6.07) is 0. The number of carbonyl (C=O) groups excluding carboxylic acids is 2. The highest BCUT2D eigenvalue weighted by Crippen LogP contribution is 2.53. The van der Waals surface area contributed by atoms with Gasteiger partial charge in [-0.3, -0.25) is 9.59 Å². The molecule has 7 heteroatoms. The fraction of sp³-hybridized carbons (Fsp3) is 0.842. The zero-order valence-electron chi connectivity index (χ0n) is 29.1. The lowest BCUT2D eigenvalue weighted by molar-refractivity contribution is -0.170. The Balaban J connectivity index is 1.50. The summed E-state index contributed by atoms with van der Waals surface area (Å²) >= 11 is 0. The first-order valence-electron chi connectivity index (χ1n) is 17.9. The van der Waals surface area contributed by atoms with Gasteiger partial charge in [-0.2, -0.15) is 0 Å². The van der Waals surface area contributed by atoms with Crippen molar-refractivity contribution in [3.8, 4) is 0 Å². The summed E-state index contributed by atoms with van der Waals surface area (Å²) in [5, 5.41) is 42.5. The summed E-state index contributed by atoms with van der Waals surface area (Å²) in [5.41, 5.74) is 2.51. The molecule has 0 aromatic heterocycles. The molecule has 45 heavy (non-hydrogen) atoms. The van der Waals surface area contributed by atoms with Gasteiger partial charge >= 0.3 is 11.9 Å². The van der Waals surface area contributed by atoms with E-state index in [-0.39, 0.29) is 72.4 Å². The second-order valence-electron chi connectivity index (χ2n) is 16.3. The van der Waals surface area contributed by atoms with Gasteiger partial charge in [-0.05, 0) is 123 Å². The van der Waals surface area contributed by atoms with Crippen molar-refractivity contribution in [3.05, 3.63) is 23.3 Å². The topological polar surface area (TPSA) is 124 Å². The zero-order valence-corrected chi connectivity index (χ0v) is 29.1. The number of allylic oxidation sites excluding steroid dienone is 4. The zero-order chi connectivity index (χ0) is 33.3.